The molecule has 0 aromatic heterocycles. The van der Waals surface area contributed by atoms with Gasteiger partial charge in [-0.05, 0) is 19.9 Å². The van der Waals surface area contributed by atoms with Crippen molar-refractivity contribution in [3.8, 4) is 0 Å². The molecule has 0 bridgehead atoms. The number of hydrogen-bond donors (Lipinski definition) is 1. The van der Waals surface area contributed by atoms with Gasteiger partial charge in [0.1, 0.15) is 0 Å². The summed E-state index contributed by atoms with van der Waals surface area (Å²) in [6.45, 7) is 11.1. The zero-order chi connectivity index (χ0) is 9.28. The lowest BCUT2D eigenvalue weighted by atomic mass is 10.4. The smallest absolute Gasteiger partial charge is 0.247 e. The Bertz CT molecular complexity index is 144. The molecule has 0 unspecified atom stereocenters. The lowest BCUT2D eigenvalue weighted by molar-refractivity contribution is -0.115. The van der Waals surface area contributed by atoms with Gasteiger partial charge in [0.15, 0.2) is 0 Å². The van der Waals surface area contributed by atoms with Crippen molar-refractivity contribution in [2.24, 2.45) is 0 Å². The number of nitrogens with one attached hydrogen (secondary N) is 1. The monoisotopic (exact) mass is 155 g/mol. The Balaban J connectivity index is 0. The third kappa shape index (κ3) is 12.2. The van der Waals surface area contributed by atoms with Crippen molar-refractivity contribution in [1.82, 2.24) is 5.32 Å². The predicted octanol–water partition coefficient (Wildman–Crippen LogP) is 2.24. The number of carbonyl (C=O) groups is 1. The van der Waals surface area contributed by atoms with E-state index in [2.05, 4.69) is 11.9 Å². The second kappa shape index (κ2) is 8.95. The van der Waals surface area contributed by atoms with E-state index in [-0.39, 0.29) is 5.91 Å². The van der Waals surface area contributed by atoms with E-state index in [1.54, 1.807) is 6.20 Å². The van der Waals surface area contributed by atoms with Crippen LogP contribution in [0.3, 0.4) is 0 Å². The minimum absolute atomic E-state index is 0.170. The Morgan fingerprint density at radius 1 is 1.36 bits per heavy atom. The zero-order valence-corrected chi connectivity index (χ0v) is 7.77. The van der Waals surface area contributed by atoms with Crippen LogP contribution >= 0.6 is 0 Å². The third-order valence-corrected chi connectivity index (χ3v) is 0.688. The van der Waals surface area contributed by atoms with Gasteiger partial charge in [0.2, 0.25) is 5.91 Å². The van der Waals surface area contributed by atoms with Crippen molar-refractivity contribution in [3.05, 3.63) is 24.4 Å². The first kappa shape index (κ1) is 12.6. The molecule has 2 heteroatoms. The maximum atomic E-state index is 10.4. The topological polar surface area (TPSA) is 29.1 Å². The van der Waals surface area contributed by atoms with E-state index in [4.69, 9.17) is 0 Å². The van der Waals surface area contributed by atoms with Crippen molar-refractivity contribution in [2.75, 3.05) is 0 Å². The lowest BCUT2D eigenvalue weighted by Crippen LogP contribution is -2.13. The highest BCUT2D eigenvalue weighted by molar-refractivity contribution is 5.87. The Morgan fingerprint density at radius 2 is 1.82 bits per heavy atom. The van der Waals surface area contributed by atoms with Crippen LogP contribution in [0.15, 0.2) is 24.4 Å². The molecule has 0 fully saturated rings. The van der Waals surface area contributed by atoms with E-state index in [0.717, 1.165) is 5.57 Å². The van der Waals surface area contributed by atoms with Crippen LogP contribution < -0.4 is 5.32 Å². The quantitative estimate of drug-likeness (QED) is 0.609. The normalized spacial score (nSPS) is 6.91. The summed E-state index contributed by atoms with van der Waals surface area (Å²) in [5, 5.41) is 2.51. The molecule has 1 N–H and O–H groups in total. The van der Waals surface area contributed by atoms with Crippen LogP contribution in [0.1, 0.15) is 27.7 Å². The maximum absolute atomic E-state index is 10.4. The molecule has 0 aromatic carbocycles. The molecule has 0 heterocycles. The van der Waals surface area contributed by atoms with Gasteiger partial charge in [0.25, 0.3) is 0 Å². The fourth-order valence-corrected chi connectivity index (χ4v) is 0.274. The van der Waals surface area contributed by atoms with Crippen LogP contribution in [0.4, 0.5) is 0 Å². The van der Waals surface area contributed by atoms with Gasteiger partial charge in [-0.3, -0.25) is 4.79 Å². The molecule has 0 saturated carbocycles. The third-order valence-electron chi connectivity index (χ3n) is 0.688. The second-order valence-electron chi connectivity index (χ2n) is 1.93. The van der Waals surface area contributed by atoms with Crippen molar-refractivity contribution < 1.29 is 4.79 Å². The van der Waals surface area contributed by atoms with Crippen molar-refractivity contribution in [1.29, 1.82) is 0 Å². The molecular weight excluding hydrogens is 138 g/mol. The van der Waals surface area contributed by atoms with Gasteiger partial charge in [-0.25, -0.2) is 0 Å². The Labute approximate surface area is 69.0 Å². The van der Waals surface area contributed by atoms with Crippen LogP contribution in [-0.2, 0) is 4.79 Å². The average Bonchev–Trinajstić information content (AvgIpc) is 2.04. The summed E-state index contributed by atoms with van der Waals surface area (Å²) in [6, 6.07) is 0. The van der Waals surface area contributed by atoms with Crippen LogP contribution in [0.25, 0.3) is 0 Å². The van der Waals surface area contributed by atoms with Gasteiger partial charge in [0.05, 0.1) is 0 Å². The largest absolute Gasteiger partial charge is 0.329 e. The van der Waals surface area contributed by atoms with Gasteiger partial charge in [0, 0.05) is 6.20 Å². The summed E-state index contributed by atoms with van der Waals surface area (Å²) in [6.07, 6.45) is 2.88. The molecule has 0 aliphatic carbocycles. The molecule has 0 spiro atoms. The molecule has 0 aromatic rings. The Kier molecular flexibility index (Phi) is 10.3. The maximum Gasteiger partial charge on any atom is 0.247 e. The van der Waals surface area contributed by atoms with Gasteiger partial charge < -0.3 is 5.32 Å². The van der Waals surface area contributed by atoms with E-state index in [1.807, 2.05) is 27.7 Å². The summed E-state index contributed by atoms with van der Waals surface area (Å²) in [5.41, 5.74) is 1.06. The number of allylic oxidation sites excluding steroid dienone is 1. The van der Waals surface area contributed by atoms with Gasteiger partial charge in [-0.2, -0.15) is 0 Å². The molecule has 0 saturated heterocycles. The summed E-state index contributed by atoms with van der Waals surface area (Å²) in [4.78, 5) is 10.4. The average molecular weight is 155 g/mol. The Hall–Kier alpha value is -1.05. The molecule has 1 amide bonds. The summed E-state index contributed by atoms with van der Waals surface area (Å²) < 4.78 is 0. The second-order valence-corrected chi connectivity index (χ2v) is 1.93. The van der Waals surface area contributed by atoms with Crippen LogP contribution in [0.5, 0.6) is 0 Å². The van der Waals surface area contributed by atoms with E-state index < -0.39 is 0 Å². The molecule has 64 valence electrons. The van der Waals surface area contributed by atoms with E-state index in [9.17, 15) is 4.79 Å². The number of hydrogen-bond acceptors (Lipinski definition) is 1. The fourth-order valence-electron chi connectivity index (χ4n) is 0.274. The van der Waals surface area contributed by atoms with Crippen molar-refractivity contribution in [3.63, 3.8) is 0 Å². The van der Waals surface area contributed by atoms with Gasteiger partial charge in [-0.15, -0.1) is 0 Å². The first-order valence-electron chi connectivity index (χ1n) is 3.73. The predicted molar refractivity (Wildman–Crippen MR) is 49.1 cm³/mol. The van der Waals surface area contributed by atoms with Crippen LogP contribution in [0.2, 0.25) is 0 Å². The number of rotatable bonds is 2. The molecule has 0 atom stereocenters. The molecule has 0 aliphatic heterocycles. The highest BCUT2D eigenvalue weighted by Crippen LogP contribution is 1.83. The molecular formula is C9H17NO. The van der Waals surface area contributed by atoms with Crippen molar-refractivity contribution >= 4 is 5.91 Å². The standard InChI is InChI=1S/C7H11NO.C2H6/c1-4-7(9)8-5-6(2)3;1-2/h4-5H,1H2,2-3H3,(H,8,9);1-2H3. The van der Waals surface area contributed by atoms with E-state index >= 15 is 0 Å². The molecule has 11 heavy (non-hydrogen) atoms. The molecule has 0 aliphatic rings. The molecule has 0 rings (SSSR count). The molecule has 2 nitrogen and oxygen atoms in total. The summed E-state index contributed by atoms with van der Waals surface area (Å²) in [5.74, 6) is -0.170. The highest BCUT2D eigenvalue weighted by atomic mass is 16.1. The first-order valence-corrected chi connectivity index (χ1v) is 3.73. The fraction of sp³-hybridized carbons (Fsp3) is 0.444. The first-order chi connectivity index (χ1) is 5.16. The van der Waals surface area contributed by atoms with Crippen LogP contribution in [-0.4, -0.2) is 5.91 Å². The van der Waals surface area contributed by atoms with Crippen LogP contribution in [0, 0.1) is 0 Å². The van der Waals surface area contributed by atoms with Gasteiger partial charge in [-0.1, -0.05) is 26.0 Å². The highest BCUT2D eigenvalue weighted by Gasteiger charge is 1.85. The zero-order valence-electron chi connectivity index (χ0n) is 7.77. The lowest BCUT2D eigenvalue weighted by Gasteiger charge is -1.91. The molecule has 0 radical (unpaired) electrons. The van der Waals surface area contributed by atoms with Gasteiger partial charge >= 0.3 is 0 Å². The minimum atomic E-state index is -0.170. The number of carbonyl (C=O) groups excluding carboxylic acids is 1. The minimum Gasteiger partial charge on any atom is -0.329 e. The Morgan fingerprint density at radius 3 is 2.09 bits per heavy atom. The SMILES string of the molecule is C=CC(=O)NC=C(C)C.CC. The van der Waals surface area contributed by atoms with Crippen molar-refractivity contribution in [2.45, 2.75) is 27.7 Å². The van der Waals surface area contributed by atoms with E-state index in [1.165, 1.54) is 6.08 Å². The van der Waals surface area contributed by atoms with E-state index in [0.29, 0.717) is 0 Å². The number of amides is 1. The summed E-state index contributed by atoms with van der Waals surface area (Å²) in [7, 11) is 0. The summed E-state index contributed by atoms with van der Waals surface area (Å²) >= 11 is 0.